The molecule has 0 fully saturated rings. The van der Waals surface area contributed by atoms with Gasteiger partial charge in [0.2, 0.25) is 5.96 Å². The van der Waals surface area contributed by atoms with E-state index in [9.17, 15) is 0 Å². The van der Waals surface area contributed by atoms with Crippen molar-refractivity contribution in [1.82, 2.24) is 0 Å². The van der Waals surface area contributed by atoms with Gasteiger partial charge in [-0.05, 0) is 37.1 Å². The van der Waals surface area contributed by atoms with Gasteiger partial charge in [-0.3, -0.25) is 0 Å². The molecule has 2 aromatic carbocycles. The first-order valence-electron chi connectivity index (χ1n) is 7.69. The van der Waals surface area contributed by atoms with Gasteiger partial charge in [0, 0.05) is 0 Å². The minimum atomic E-state index is -0.0695. The molecule has 0 radical (unpaired) electrons. The van der Waals surface area contributed by atoms with Gasteiger partial charge in [-0.15, -0.1) is 22.6 Å². The predicted molar refractivity (Wildman–Crippen MR) is 111 cm³/mol. The zero-order valence-electron chi connectivity index (χ0n) is 14.4. The van der Waals surface area contributed by atoms with Gasteiger partial charge in [-0.2, -0.15) is 0 Å². The topological polar surface area (TPSA) is 76.8 Å². The number of hydrogen-bond donors (Lipinski definition) is 2. The summed E-state index contributed by atoms with van der Waals surface area (Å²) >= 11 is 0. The summed E-state index contributed by atoms with van der Waals surface area (Å²) in [6, 6.07) is 16.5. The molecule has 0 heterocycles. The lowest BCUT2D eigenvalue weighted by atomic mass is 10.1. The van der Waals surface area contributed by atoms with E-state index < -0.39 is 0 Å². The van der Waals surface area contributed by atoms with Gasteiger partial charge >= 0.3 is 0 Å². The predicted octanol–water partition coefficient (Wildman–Crippen LogP) is 4.08. The number of rotatable bonds is 5. The van der Waals surface area contributed by atoms with Crippen LogP contribution in [0.1, 0.15) is 22.3 Å². The van der Waals surface area contributed by atoms with Crippen molar-refractivity contribution in [2.24, 2.45) is 21.7 Å². The second-order valence-electron chi connectivity index (χ2n) is 5.54. The molecule has 0 spiro atoms. The average molecular weight is 355 g/mol. The number of benzene rings is 2. The second-order valence-corrected chi connectivity index (χ2v) is 5.54. The maximum Gasteiger partial charge on any atom is 0.211 e. The quantitative estimate of drug-likeness (QED) is 0.482. The maximum atomic E-state index is 5.36. The van der Waals surface area contributed by atoms with Crippen molar-refractivity contribution < 1.29 is 0 Å². The third-order valence-electron chi connectivity index (χ3n) is 3.33. The molecule has 0 aliphatic rings. The molecule has 0 amide bonds. The van der Waals surface area contributed by atoms with E-state index in [0.717, 1.165) is 11.1 Å². The van der Waals surface area contributed by atoms with E-state index in [1.54, 1.807) is 0 Å². The number of halogens is 1. The molecule has 130 valence electrons. The van der Waals surface area contributed by atoms with Gasteiger partial charge in [0.15, 0.2) is 0 Å². The number of aryl methyl sites for hydroxylation is 2. The van der Waals surface area contributed by atoms with Crippen molar-refractivity contribution in [3.05, 3.63) is 82.9 Å². The second kappa shape index (κ2) is 10.1. The van der Waals surface area contributed by atoms with E-state index >= 15 is 0 Å². The molecule has 0 saturated heterocycles. The zero-order chi connectivity index (χ0) is 17.4. The molecule has 0 aliphatic heterocycles. The summed E-state index contributed by atoms with van der Waals surface area (Å²) in [4.78, 5) is 0. The van der Waals surface area contributed by atoms with Crippen LogP contribution < -0.4 is 11.5 Å². The van der Waals surface area contributed by atoms with E-state index in [4.69, 9.17) is 11.5 Å². The fourth-order valence-corrected chi connectivity index (χ4v) is 1.96. The first kappa shape index (κ1) is 20.2. The molecular weight excluding hydrogens is 332 g/mol. The van der Waals surface area contributed by atoms with Crippen LogP contribution in [-0.2, 0) is 0 Å². The highest BCUT2D eigenvalue weighted by Gasteiger charge is 1.93. The monoisotopic (exact) mass is 354 g/mol. The fourth-order valence-electron chi connectivity index (χ4n) is 1.96. The lowest BCUT2D eigenvalue weighted by Gasteiger charge is -1.97. The Morgan fingerprint density at radius 1 is 0.720 bits per heavy atom. The summed E-state index contributed by atoms with van der Waals surface area (Å²) in [7, 11) is 0. The molecule has 0 saturated carbocycles. The van der Waals surface area contributed by atoms with Crippen molar-refractivity contribution in [2.45, 2.75) is 13.8 Å². The Morgan fingerprint density at radius 3 is 1.48 bits per heavy atom. The minimum Gasteiger partial charge on any atom is -0.369 e. The van der Waals surface area contributed by atoms with Crippen molar-refractivity contribution in [1.29, 1.82) is 0 Å². The molecular formula is C20H23ClN4. The minimum absolute atomic E-state index is 0. The Hall–Kier alpha value is -2.85. The van der Waals surface area contributed by atoms with Gasteiger partial charge in [-0.1, -0.05) is 71.8 Å². The van der Waals surface area contributed by atoms with Crippen LogP contribution in [0, 0.1) is 13.8 Å². The summed E-state index contributed by atoms with van der Waals surface area (Å²) in [5.74, 6) is -0.0695. The van der Waals surface area contributed by atoms with Crippen LogP contribution in [0.5, 0.6) is 0 Å². The maximum absolute atomic E-state index is 5.36. The first-order valence-corrected chi connectivity index (χ1v) is 7.69. The Kier molecular flexibility index (Phi) is 8.16. The Bertz CT molecular complexity index is 724. The molecule has 2 rings (SSSR count). The molecule has 4 N–H and O–H groups in total. The van der Waals surface area contributed by atoms with Crippen molar-refractivity contribution >= 4 is 36.2 Å². The molecule has 4 nitrogen and oxygen atoms in total. The summed E-state index contributed by atoms with van der Waals surface area (Å²) in [5.41, 5.74) is 16.0. The number of hydrogen-bond acceptors (Lipinski definition) is 2. The van der Waals surface area contributed by atoms with Crippen LogP contribution in [0.15, 0.2) is 70.9 Å². The van der Waals surface area contributed by atoms with E-state index in [2.05, 4.69) is 48.3 Å². The highest BCUT2D eigenvalue weighted by molar-refractivity contribution is 6.08. The smallest absolute Gasteiger partial charge is 0.211 e. The molecule has 25 heavy (non-hydrogen) atoms. The number of nitrogens with two attached hydrogens (primary N) is 2. The standard InChI is InChI=1S/C20H22N4.ClH/c1-15-3-7-17(8-4-15)11-13-19(23-24-20(21)22)14-12-18-9-5-16(2)6-10-18;/h3-14H,1-2H3,(H4,21,22,24);1H/b13-11+,14-12+;. The summed E-state index contributed by atoms with van der Waals surface area (Å²) in [6.45, 7) is 4.12. The lowest BCUT2D eigenvalue weighted by molar-refractivity contribution is 1.21. The number of allylic oxidation sites excluding steroid dienone is 2. The van der Waals surface area contributed by atoms with Crippen LogP contribution in [0.25, 0.3) is 12.2 Å². The normalized spacial score (nSPS) is 10.5. The van der Waals surface area contributed by atoms with E-state index in [-0.39, 0.29) is 18.4 Å². The van der Waals surface area contributed by atoms with Gasteiger partial charge in [0.25, 0.3) is 0 Å². The van der Waals surface area contributed by atoms with Crippen LogP contribution in [0.3, 0.4) is 0 Å². The summed E-state index contributed by atoms with van der Waals surface area (Å²) < 4.78 is 0. The molecule has 0 unspecified atom stereocenters. The van der Waals surface area contributed by atoms with Crippen molar-refractivity contribution in [3.8, 4) is 0 Å². The molecule has 0 aliphatic carbocycles. The van der Waals surface area contributed by atoms with Gasteiger partial charge in [-0.25, -0.2) is 0 Å². The molecule has 5 heteroatoms. The SMILES string of the molecule is Cc1ccc(/C=C/C(/C=C/c2ccc(C)cc2)=NN=C(N)N)cc1.Cl. The molecule has 0 aromatic heterocycles. The summed E-state index contributed by atoms with van der Waals surface area (Å²) in [5, 5.41) is 7.80. The molecule has 2 aromatic rings. The first-order chi connectivity index (χ1) is 11.5. The van der Waals surface area contributed by atoms with E-state index in [0.29, 0.717) is 5.71 Å². The Balaban J connectivity index is 0.00000312. The summed E-state index contributed by atoms with van der Waals surface area (Å²) in [6.07, 6.45) is 7.70. The van der Waals surface area contributed by atoms with E-state index in [1.165, 1.54) is 11.1 Å². The molecule has 0 atom stereocenters. The fraction of sp³-hybridized carbons (Fsp3) is 0.100. The third kappa shape index (κ3) is 7.50. The van der Waals surface area contributed by atoms with Crippen LogP contribution in [0.4, 0.5) is 0 Å². The van der Waals surface area contributed by atoms with Crippen LogP contribution >= 0.6 is 12.4 Å². The third-order valence-corrected chi connectivity index (χ3v) is 3.33. The number of nitrogens with zero attached hydrogens (tertiary/aromatic N) is 2. The van der Waals surface area contributed by atoms with Crippen molar-refractivity contribution in [2.75, 3.05) is 0 Å². The zero-order valence-corrected chi connectivity index (χ0v) is 15.2. The van der Waals surface area contributed by atoms with Gasteiger partial charge in [0.1, 0.15) is 0 Å². The van der Waals surface area contributed by atoms with Gasteiger partial charge < -0.3 is 11.5 Å². The largest absolute Gasteiger partial charge is 0.369 e. The number of guanidine groups is 1. The highest BCUT2D eigenvalue weighted by atomic mass is 35.5. The van der Waals surface area contributed by atoms with E-state index in [1.807, 2.05) is 48.6 Å². The highest BCUT2D eigenvalue weighted by Crippen LogP contribution is 2.08. The Labute approximate surface area is 155 Å². The van der Waals surface area contributed by atoms with Crippen LogP contribution in [-0.4, -0.2) is 11.7 Å². The Morgan fingerprint density at radius 2 is 1.12 bits per heavy atom. The average Bonchev–Trinajstić information content (AvgIpc) is 2.57. The molecule has 0 bridgehead atoms. The lowest BCUT2D eigenvalue weighted by Crippen LogP contribution is -2.22. The van der Waals surface area contributed by atoms with Crippen molar-refractivity contribution in [3.63, 3.8) is 0 Å². The van der Waals surface area contributed by atoms with Gasteiger partial charge in [0.05, 0.1) is 5.71 Å². The van der Waals surface area contributed by atoms with Crippen LogP contribution in [0.2, 0.25) is 0 Å².